The molecule has 0 radical (unpaired) electrons. The molecule has 0 saturated carbocycles. The number of likely N-dealkylation sites (tertiary alicyclic amines) is 1. The van der Waals surface area contributed by atoms with Crippen LogP contribution in [-0.4, -0.2) is 52.8 Å². The topological polar surface area (TPSA) is 89.3 Å². The van der Waals surface area contributed by atoms with Crippen molar-refractivity contribution in [1.29, 1.82) is 5.26 Å². The summed E-state index contributed by atoms with van der Waals surface area (Å²) in [4.78, 5) is 33.5. The number of aromatic nitrogens is 1. The molecule has 0 spiro atoms. The van der Waals surface area contributed by atoms with Crippen LogP contribution in [0.4, 0.5) is 5.69 Å². The lowest BCUT2D eigenvalue weighted by Crippen LogP contribution is -2.41. The van der Waals surface area contributed by atoms with Crippen LogP contribution in [-0.2, 0) is 9.59 Å². The maximum absolute atomic E-state index is 13.1. The largest absolute Gasteiger partial charge is 0.364 e. The zero-order valence-electron chi connectivity index (χ0n) is 18.4. The predicted molar refractivity (Wildman–Crippen MR) is 128 cm³/mol. The number of anilines is 1. The summed E-state index contributed by atoms with van der Waals surface area (Å²) >= 11 is 0. The monoisotopic (exact) mass is 439 g/mol. The Balaban J connectivity index is 1.43. The Morgan fingerprint density at radius 2 is 1.91 bits per heavy atom. The molecular formula is C26H25N5O2. The summed E-state index contributed by atoms with van der Waals surface area (Å²) in [5, 5.41) is 14.5. The van der Waals surface area contributed by atoms with Gasteiger partial charge in [-0.15, -0.1) is 0 Å². The standard InChI is InChI=1S/C26H25N5O2/c1-18(25-23-11-7-6-8-19(23)12-13-28-25)30(2)17-24(32)31-16-20(14-22(31)15-27)26(33)29-21-9-4-3-5-10-21/h3-13,20,22H,1,14,16-17H2,2H3,(H,29,33). The molecule has 166 valence electrons. The number of nitriles is 1. The van der Waals surface area contributed by atoms with Gasteiger partial charge >= 0.3 is 0 Å². The highest BCUT2D eigenvalue weighted by Crippen LogP contribution is 2.27. The molecule has 1 aromatic heterocycles. The molecule has 2 amide bonds. The zero-order valence-corrected chi connectivity index (χ0v) is 18.4. The average molecular weight is 440 g/mol. The molecule has 1 aliphatic rings. The number of pyridine rings is 1. The fraction of sp³-hybridized carbons (Fsp3) is 0.231. The van der Waals surface area contributed by atoms with E-state index in [2.05, 4.69) is 22.9 Å². The number of benzene rings is 2. The van der Waals surface area contributed by atoms with E-state index in [1.807, 2.05) is 48.5 Å². The zero-order chi connectivity index (χ0) is 23.4. The second kappa shape index (κ2) is 9.53. The summed E-state index contributed by atoms with van der Waals surface area (Å²) in [6.45, 7) is 4.39. The van der Waals surface area contributed by atoms with Crippen LogP contribution < -0.4 is 5.32 Å². The summed E-state index contributed by atoms with van der Waals surface area (Å²) in [6.07, 6.45) is 2.04. The molecule has 3 aromatic rings. The van der Waals surface area contributed by atoms with E-state index in [4.69, 9.17) is 0 Å². The van der Waals surface area contributed by atoms with Crippen LogP contribution in [0, 0.1) is 17.2 Å². The number of hydrogen-bond donors (Lipinski definition) is 1. The lowest BCUT2D eigenvalue weighted by molar-refractivity contribution is -0.131. The highest BCUT2D eigenvalue weighted by molar-refractivity contribution is 5.94. The maximum Gasteiger partial charge on any atom is 0.243 e. The number of nitrogens with zero attached hydrogens (tertiary/aromatic N) is 4. The van der Waals surface area contributed by atoms with Crippen LogP contribution >= 0.6 is 0 Å². The van der Waals surface area contributed by atoms with Crippen LogP contribution in [0.25, 0.3) is 16.5 Å². The Bertz CT molecular complexity index is 1230. The number of fused-ring (bicyclic) bond motifs is 1. The number of para-hydroxylation sites is 1. The summed E-state index contributed by atoms with van der Waals surface area (Å²) in [5.74, 6) is -0.845. The Kier molecular flexibility index (Phi) is 6.36. The van der Waals surface area contributed by atoms with Crippen LogP contribution in [0.15, 0.2) is 73.4 Å². The first-order valence-electron chi connectivity index (χ1n) is 10.8. The van der Waals surface area contributed by atoms with Crippen LogP contribution in [0.3, 0.4) is 0 Å². The van der Waals surface area contributed by atoms with Gasteiger partial charge in [0, 0.05) is 30.9 Å². The van der Waals surface area contributed by atoms with Crippen molar-refractivity contribution in [2.45, 2.75) is 12.5 Å². The molecule has 7 nitrogen and oxygen atoms in total. The van der Waals surface area contributed by atoms with Crippen molar-refractivity contribution < 1.29 is 9.59 Å². The van der Waals surface area contributed by atoms with Gasteiger partial charge in [0.1, 0.15) is 6.04 Å². The molecule has 2 unspecified atom stereocenters. The Hall–Kier alpha value is -4.18. The van der Waals surface area contributed by atoms with Crippen LogP contribution in [0.1, 0.15) is 12.1 Å². The van der Waals surface area contributed by atoms with Gasteiger partial charge in [-0.25, -0.2) is 0 Å². The molecule has 4 rings (SSSR count). The molecule has 1 fully saturated rings. The summed E-state index contributed by atoms with van der Waals surface area (Å²) < 4.78 is 0. The number of hydrogen-bond acceptors (Lipinski definition) is 5. The van der Waals surface area contributed by atoms with Gasteiger partial charge in [0.25, 0.3) is 0 Å². The Morgan fingerprint density at radius 1 is 1.18 bits per heavy atom. The first kappa shape index (κ1) is 22.0. The average Bonchev–Trinajstić information content (AvgIpc) is 3.29. The molecule has 2 atom stereocenters. The van der Waals surface area contributed by atoms with Gasteiger partial charge in [0.2, 0.25) is 11.8 Å². The third kappa shape index (κ3) is 4.70. The smallest absolute Gasteiger partial charge is 0.243 e. The van der Waals surface area contributed by atoms with Crippen molar-refractivity contribution >= 4 is 34.0 Å². The van der Waals surface area contributed by atoms with Crippen molar-refractivity contribution in [2.24, 2.45) is 5.92 Å². The number of rotatable bonds is 6. The minimum absolute atomic E-state index is 0.0366. The van der Waals surface area contributed by atoms with E-state index in [-0.39, 0.29) is 24.9 Å². The second-order valence-corrected chi connectivity index (χ2v) is 8.16. The molecule has 2 aromatic carbocycles. The van der Waals surface area contributed by atoms with Gasteiger partial charge in [-0.1, -0.05) is 49.0 Å². The Morgan fingerprint density at radius 3 is 2.67 bits per heavy atom. The molecule has 1 N–H and O–H groups in total. The van der Waals surface area contributed by atoms with E-state index in [0.717, 1.165) is 10.8 Å². The van der Waals surface area contributed by atoms with E-state index in [0.29, 0.717) is 23.5 Å². The quantitative estimate of drug-likeness (QED) is 0.635. The Labute approximate surface area is 192 Å². The van der Waals surface area contributed by atoms with Gasteiger partial charge < -0.3 is 15.1 Å². The molecule has 1 aliphatic heterocycles. The number of carbonyl (C=O) groups is 2. The predicted octanol–water partition coefficient (Wildman–Crippen LogP) is 3.52. The second-order valence-electron chi connectivity index (χ2n) is 8.16. The van der Waals surface area contributed by atoms with Crippen molar-refractivity contribution in [3.8, 4) is 6.07 Å². The molecule has 33 heavy (non-hydrogen) atoms. The van der Waals surface area contributed by atoms with Crippen LogP contribution in [0.5, 0.6) is 0 Å². The SMILES string of the molecule is C=C(c1nccc2ccccc12)N(C)CC(=O)N1CC(C(=O)Nc2ccccc2)CC1C#N. The highest BCUT2D eigenvalue weighted by Gasteiger charge is 2.39. The molecule has 0 aliphatic carbocycles. The fourth-order valence-electron chi connectivity index (χ4n) is 4.11. The van der Waals surface area contributed by atoms with Gasteiger partial charge in [0.05, 0.1) is 29.9 Å². The molecule has 1 saturated heterocycles. The molecule has 0 bridgehead atoms. The summed E-state index contributed by atoms with van der Waals surface area (Å²) in [7, 11) is 1.78. The third-order valence-corrected chi connectivity index (χ3v) is 5.96. The van der Waals surface area contributed by atoms with Crippen LogP contribution in [0.2, 0.25) is 0 Å². The minimum Gasteiger partial charge on any atom is -0.364 e. The highest BCUT2D eigenvalue weighted by atomic mass is 16.2. The van der Waals surface area contributed by atoms with E-state index < -0.39 is 12.0 Å². The third-order valence-electron chi connectivity index (χ3n) is 5.96. The van der Waals surface area contributed by atoms with E-state index in [1.54, 1.807) is 30.3 Å². The fourth-order valence-corrected chi connectivity index (χ4v) is 4.11. The number of likely N-dealkylation sites (N-methyl/N-ethyl adjacent to an activating group) is 1. The number of nitrogens with one attached hydrogen (secondary N) is 1. The number of amides is 2. The van der Waals surface area contributed by atoms with Crippen molar-refractivity contribution in [3.05, 3.63) is 79.1 Å². The lowest BCUT2D eigenvalue weighted by Gasteiger charge is -2.26. The number of carbonyl (C=O) groups excluding carboxylic acids is 2. The van der Waals surface area contributed by atoms with Gasteiger partial charge in [0.15, 0.2) is 0 Å². The normalized spacial score (nSPS) is 17.4. The minimum atomic E-state index is -0.638. The van der Waals surface area contributed by atoms with E-state index in [9.17, 15) is 14.9 Å². The molecular weight excluding hydrogens is 414 g/mol. The first-order chi connectivity index (χ1) is 16.0. The van der Waals surface area contributed by atoms with Gasteiger partial charge in [-0.05, 0) is 30.0 Å². The van der Waals surface area contributed by atoms with Gasteiger partial charge in [-0.3, -0.25) is 14.6 Å². The molecule has 2 heterocycles. The van der Waals surface area contributed by atoms with Crippen molar-refractivity contribution in [3.63, 3.8) is 0 Å². The summed E-state index contributed by atoms with van der Waals surface area (Å²) in [6, 6.07) is 20.5. The summed E-state index contributed by atoms with van der Waals surface area (Å²) in [5.41, 5.74) is 2.02. The first-order valence-corrected chi connectivity index (χ1v) is 10.8. The van der Waals surface area contributed by atoms with E-state index >= 15 is 0 Å². The van der Waals surface area contributed by atoms with E-state index in [1.165, 1.54) is 4.90 Å². The van der Waals surface area contributed by atoms with Crippen molar-refractivity contribution in [1.82, 2.24) is 14.8 Å². The maximum atomic E-state index is 13.1. The van der Waals surface area contributed by atoms with Gasteiger partial charge in [-0.2, -0.15) is 5.26 Å². The molecule has 7 heteroatoms. The van der Waals surface area contributed by atoms with Crippen molar-refractivity contribution in [2.75, 3.05) is 25.5 Å². The lowest BCUT2D eigenvalue weighted by atomic mass is 10.1.